The molecule has 6 heteroatoms. The molecule has 3 aromatic rings. The number of hydrogen-bond donors (Lipinski definition) is 1. The van der Waals surface area contributed by atoms with Gasteiger partial charge in [0.05, 0.1) is 5.02 Å². The Kier molecular flexibility index (Phi) is 3.40. The van der Waals surface area contributed by atoms with Gasteiger partial charge in [0, 0.05) is 28.4 Å². The molecule has 0 radical (unpaired) electrons. The number of aryl methyl sites for hydroxylation is 1. The fourth-order valence-corrected chi connectivity index (χ4v) is 3.55. The number of nitrogen functional groups attached to an aromatic ring is 1. The van der Waals surface area contributed by atoms with Crippen molar-refractivity contribution in [2.45, 2.75) is 26.3 Å². The van der Waals surface area contributed by atoms with Gasteiger partial charge >= 0.3 is 0 Å². The van der Waals surface area contributed by atoms with Crippen molar-refractivity contribution in [1.29, 1.82) is 0 Å². The highest BCUT2D eigenvalue weighted by Crippen LogP contribution is 2.27. The van der Waals surface area contributed by atoms with Gasteiger partial charge in [0.25, 0.3) is 0 Å². The lowest BCUT2D eigenvalue weighted by atomic mass is 10.2. The van der Waals surface area contributed by atoms with Crippen molar-refractivity contribution in [3.05, 3.63) is 39.2 Å². The van der Waals surface area contributed by atoms with Crippen molar-refractivity contribution in [2.24, 2.45) is 0 Å². The second kappa shape index (κ2) is 5.07. The van der Waals surface area contributed by atoms with Crippen molar-refractivity contribution < 1.29 is 0 Å². The lowest BCUT2D eigenvalue weighted by Gasteiger charge is -2.14. The monoisotopic (exact) mass is 306 g/mol. The first-order valence-electron chi connectivity index (χ1n) is 6.39. The summed E-state index contributed by atoms with van der Waals surface area (Å²) in [5.41, 5.74) is 7.56. The Hall–Kier alpha value is -1.59. The topological polar surface area (TPSA) is 56.7 Å². The third kappa shape index (κ3) is 2.39. The Labute approximate surface area is 126 Å². The SMILES string of the molecule is Cc1ccc(CC(C)n2c(N)nc3cc(Cl)cnc32)s1. The minimum Gasteiger partial charge on any atom is -0.369 e. The van der Waals surface area contributed by atoms with E-state index in [0.717, 1.165) is 17.6 Å². The average Bonchev–Trinajstić information content (AvgIpc) is 2.91. The summed E-state index contributed by atoms with van der Waals surface area (Å²) in [6, 6.07) is 6.29. The molecule has 3 aromatic heterocycles. The van der Waals surface area contributed by atoms with Gasteiger partial charge in [-0.15, -0.1) is 11.3 Å². The van der Waals surface area contributed by atoms with Gasteiger partial charge in [-0.05, 0) is 32.0 Å². The minimum atomic E-state index is 0.201. The number of imidazole rings is 1. The van der Waals surface area contributed by atoms with Gasteiger partial charge in [-0.25, -0.2) is 9.97 Å². The van der Waals surface area contributed by atoms with Gasteiger partial charge < -0.3 is 5.73 Å². The van der Waals surface area contributed by atoms with E-state index in [-0.39, 0.29) is 6.04 Å². The second-order valence-electron chi connectivity index (χ2n) is 4.90. The highest BCUT2D eigenvalue weighted by atomic mass is 35.5. The third-order valence-corrected chi connectivity index (χ3v) is 4.49. The van der Waals surface area contributed by atoms with Crippen LogP contribution in [0, 0.1) is 6.92 Å². The molecule has 2 N–H and O–H groups in total. The summed E-state index contributed by atoms with van der Waals surface area (Å²) in [6.45, 7) is 4.24. The Balaban J connectivity index is 1.98. The average molecular weight is 307 g/mol. The van der Waals surface area contributed by atoms with Gasteiger partial charge in [0.1, 0.15) is 5.52 Å². The van der Waals surface area contributed by atoms with E-state index in [1.165, 1.54) is 9.75 Å². The van der Waals surface area contributed by atoms with E-state index in [9.17, 15) is 0 Å². The minimum absolute atomic E-state index is 0.201. The summed E-state index contributed by atoms with van der Waals surface area (Å²) in [4.78, 5) is 11.4. The molecular formula is C14H15ClN4S. The van der Waals surface area contributed by atoms with Crippen LogP contribution in [0.25, 0.3) is 11.2 Å². The van der Waals surface area contributed by atoms with Crippen LogP contribution in [0.3, 0.4) is 0 Å². The van der Waals surface area contributed by atoms with Crippen molar-refractivity contribution >= 4 is 40.0 Å². The number of fused-ring (bicyclic) bond motifs is 1. The predicted molar refractivity (Wildman–Crippen MR) is 84.4 cm³/mol. The maximum atomic E-state index is 6.04. The number of nitrogens with zero attached hydrogens (tertiary/aromatic N) is 3. The number of thiophene rings is 1. The molecule has 1 unspecified atom stereocenters. The lowest BCUT2D eigenvalue weighted by molar-refractivity contribution is 0.567. The van der Waals surface area contributed by atoms with Gasteiger partial charge in [-0.3, -0.25) is 4.57 Å². The number of pyridine rings is 1. The zero-order valence-corrected chi connectivity index (χ0v) is 12.9. The fraction of sp³-hybridized carbons (Fsp3) is 0.286. The highest BCUT2D eigenvalue weighted by molar-refractivity contribution is 7.11. The molecule has 3 rings (SSSR count). The fourth-order valence-electron chi connectivity index (χ4n) is 2.39. The molecule has 20 heavy (non-hydrogen) atoms. The van der Waals surface area contributed by atoms with Crippen LogP contribution in [-0.2, 0) is 6.42 Å². The molecule has 0 aliphatic rings. The second-order valence-corrected chi connectivity index (χ2v) is 6.71. The predicted octanol–water partition coefficient (Wildman–Crippen LogP) is 3.84. The largest absolute Gasteiger partial charge is 0.369 e. The number of nitrogens with two attached hydrogens (primary N) is 1. The first-order chi connectivity index (χ1) is 9.54. The third-order valence-electron chi connectivity index (χ3n) is 3.26. The van der Waals surface area contributed by atoms with Crippen LogP contribution in [0.5, 0.6) is 0 Å². The number of anilines is 1. The summed E-state index contributed by atoms with van der Waals surface area (Å²) in [5, 5.41) is 0.573. The van der Waals surface area contributed by atoms with E-state index in [1.54, 1.807) is 12.3 Å². The molecule has 0 aromatic carbocycles. The Morgan fingerprint density at radius 2 is 2.25 bits per heavy atom. The van der Waals surface area contributed by atoms with Crippen molar-refractivity contribution in [2.75, 3.05) is 5.73 Å². The first-order valence-corrected chi connectivity index (χ1v) is 7.58. The van der Waals surface area contributed by atoms with Gasteiger partial charge in [0.2, 0.25) is 5.95 Å². The van der Waals surface area contributed by atoms with Crippen LogP contribution in [0.15, 0.2) is 24.4 Å². The lowest BCUT2D eigenvalue weighted by Crippen LogP contribution is -2.11. The molecular weight excluding hydrogens is 292 g/mol. The van der Waals surface area contributed by atoms with E-state index >= 15 is 0 Å². The Morgan fingerprint density at radius 1 is 1.45 bits per heavy atom. The summed E-state index contributed by atoms with van der Waals surface area (Å²) < 4.78 is 1.97. The van der Waals surface area contributed by atoms with Crippen LogP contribution in [0.2, 0.25) is 5.02 Å². The molecule has 4 nitrogen and oxygen atoms in total. The quantitative estimate of drug-likeness (QED) is 0.800. The molecule has 104 valence electrons. The zero-order chi connectivity index (χ0) is 14.3. The summed E-state index contributed by atoms with van der Waals surface area (Å²) in [6.07, 6.45) is 2.54. The maximum absolute atomic E-state index is 6.04. The molecule has 0 fully saturated rings. The van der Waals surface area contributed by atoms with Crippen molar-refractivity contribution in [3.63, 3.8) is 0 Å². The van der Waals surface area contributed by atoms with Crippen LogP contribution in [0.4, 0.5) is 5.95 Å². The maximum Gasteiger partial charge on any atom is 0.202 e. The van der Waals surface area contributed by atoms with Crippen molar-refractivity contribution in [3.8, 4) is 0 Å². The van der Waals surface area contributed by atoms with Gasteiger partial charge in [-0.2, -0.15) is 0 Å². The van der Waals surface area contributed by atoms with Crippen LogP contribution < -0.4 is 5.73 Å². The zero-order valence-electron chi connectivity index (χ0n) is 11.3. The molecule has 0 aliphatic heterocycles. The van der Waals surface area contributed by atoms with E-state index in [0.29, 0.717) is 11.0 Å². The standard InChI is InChI=1S/C14H15ClN4S/c1-8(5-11-4-3-9(2)20-11)19-13-12(18-14(19)16)6-10(15)7-17-13/h3-4,6-8H,5H2,1-2H3,(H2,16,18). The molecule has 0 bridgehead atoms. The molecule has 3 heterocycles. The van der Waals surface area contributed by atoms with Crippen molar-refractivity contribution in [1.82, 2.24) is 14.5 Å². The molecule has 0 saturated carbocycles. The van der Waals surface area contributed by atoms with Crippen LogP contribution >= 0.6 is 22.9 Å². The number of aromatic nitrogens is 3. The normalized spacial score (nSPS) is 12.9. The first kappa shape index (κ1) is 13.4. The van der Waals surface area contributed by atoms with E-state index < -0.39 is 0 Å². The van der Waals surface area contributed by atoms with Crippen LogP contribution in [-0.4, -0.2) is 14.5 Å². The molecule has 0 amide bonds. The van der Waals surface area contributed by atoms with E-state index in [4.69, 9.17) is 17.3 Å². The van der Waals surface area contributed by atoms with Gasteiger partial charge in [0.15, 0.2) is 5.65 Å². The summed E-state index contributed by atoms with van der Waals surface area (Å²) in [7, 11) is 0. The number of hydrogen-bond acceptors (Lipinski definition) is 4. The Morgan fingerprint density at radius 3 is 2.95 bits per heavy atom. The number of rotatable bonds is 3. The summed E-state index contributed by atoms with van der Waals surface area (Å²) in [5.74, 6) is 0.482. The molecule has 1 atom stereocenters. The Bertz CT molecular complexity index is 762. The highest BCUT2D eigenvalue weighted by Gasteiger charge is 2.16. The van der Waals surface area contributed by atoms with E-state index in [2.05, 4.69) is 35.9 Å². The van der Waals surface area contributed by atoms with Gasteiger partial charge in [-0.1, -0.05) is 11.6 Å². The number of halogens is 1. The molecule has 0 aliphatic carbocycles. The smallest absolute Gasteiger partial charge is 0.202 e. The molecule has 0 spiro atoms. The molecule has 0 saturated heterocycles. The summed E-state index contributed by atoms with van der Waals surface area (Å²) >= 11 is 7.75. The van der Waals surface area contributed by atoms with E-state index in [1.807, 2.05) is 15.9 Å². The van der Waals surface area contributed by atoms with Crippen LogP contribution in [0.1, 0.15) is 22.7 Å².